The van der Waals surface area contributed by atoms with Gasteiger partial charge in [-0.05, 0) is 12.1 Å². The second-order valence-corrected chi connectivity index (χ2v) is 5.78. The Hall–Kier alpha value is -2.15. The van der Waals surface area contributed by atoms with E-state index in [9.17, 15) is 0 Å². The first-order valence-corrected chi connectivity index (χ1v) is 8.03. The van der Waals surface area contributed by atoms with Crippen molar-refractivity contribution in [2.75, 3.05) is 32.6 Å². The fourth-order valence-electron chi connectivity index (χ4n) is 1.83. The number of aliphatic imine (C=N–C) groups is 1. The highest BCUT2D eigenvalue weighted by atomic mass is 32.1. The molecule has 2 heterocycles. The zero-order valence-corrected chi connectivity index (χ0v) is 14.0. The van der Waals surface area contributed by atoms with Gasteiger partial charge in [0.1, 0.15) is 0 Å². The summed E-state index contributed by atoms with van der Waals surface area (Å²) >= 11 is 1.64. The van der Waals surface area contributed by atoms with Crippen LogP contribution in [0.4, 0.5) is 5.13 Å². The van der Waals surface area contributed by atoms with Crippen LogP contribution in [0.5, 0.6) is 0 Å². The summed E-state index contributed by atoms with van der Waals surface area (Å²) in [5.74, 6) is 0.773. The molecule has 0 aliphatic carbocycles. The van der Waals surface area contributed by atoms with Crippen LogP contribution in [-0.2, 0) is 13.0 Å². The van der Waals surface area contributed by atoms with Gasteiger partial charge in [0, 0.05) is 51.4 Å². The van der Waals surface area contributed by atoms with Crippen molar-refractivity contribution in [2.45, 2.75) is 13.0 Å². The Morgan fingerprint density at radius 3 is 2.77 bits per heavy atom. The molecular formula is C15H22N6S. The summed E-state index contributed by atoms with van der Waals surface area (Å²) < 4.78 is 0. The van der Waals surface area contributed by atoms with Gasteiger partial charge in [-0.15, -0.1) is 11.3 Å². The SMILES string of the molecule is CN=C(NCCc1ccccn1)NCc1csc(N(C)C)n1. The molecule has 0 saturated carbocycles. The van der Waals surface area contributed by atoms with Gasteiger partial charge in [-0.3, -0.25) is 9.98 Å². The average Bonchev–Trinajstić information content (AvgIpc) is 3.01. The van der Waals surface area contributed by atoms with Crippen LogP contribution >= 0.6 is 11.3 Å². The number of pyridine rings is 1. The normalized spacial score (nSPS) is 11.3. The Bertz CT molecular complexity index is 593. The summed E-state index contributed by atoms with van der Waals surface area (Å²) in [5.41, 5.74) is 2.09. The molecule has 0 spiro atoms. The topological polar surface area (TPSA) is 65.4 Å². The second-order valence-electron chi connectivity index (χ2n) is 4.94. The highest BCUT2D eigenvalue weighted by Crippen LogP contribution is 2.17. The number of thiazole rings is 1. The first kappa shape index (κ1) is 16.2. The molecule has 0 aliphatic rings. The monoisotopic (exact) mass is 318 g/mol. The highest BCUT2D eigenvalue weighted by molar-refractivity contribution is 7.13. The minimum atomic E-state index is 0.660. The summed E-state index contributed by atoms with van der Waals surface area (Å²) in [7, 11) is 5.75. The Labute approximate surface area is 135 Å². The van der Waals surface area contributed by atoms with Crippen LogP contribution in [-0.4, -0.2) is 43.6 Å². The molecule has 2 aromatic rings. The molecule has 0 amide bonds. The number of nitrogens with one attached hydrogen (secondary N) is 2. The standard InChI is InChI=1S/C15H22N6S/c1-16-14(18-9-7-12-6-4-5-8-17-12)19-10-13-11-22-15(20-13)21(2)3/h4-6,8,11H,7,9-10H2,1-3H3,(H2,16,18,19). The molecule has 0 radical (unpaired) electrons. The Balaban J connectivity index is 1.75. The molecule has 6 nitrogen and oxygen atoms in total. The largest absolute Gasteiger partial charge is 0.356 e. The first-order valence-electron chi connectivity index (χ1n) is 7.15. The van der Waals surface area contributed by atoms with Gasteiger partial charge in [0.05, 0.1) is 12.2 Å². The van der Waals surface area contributed by atoms with E-state index < -0.39 is 0 Å². The lowest BCUT2D eigenvalue weighted by atomic mass is 10.3. The predicted molar refractivity (Wildman–Crippen MR) is 92.6 cm³/mol. The van der Waals surface area contributed by atoms with Crippen molar-refractivity contribution in [2.24, 2.45) is 4.99 Å². The third-order valence-corrected chi connectivity index (χ3v) is 4.04. The number of aromatic nitrogens is 2. The molecule has 0 bridgehead atoms. The molecule has 22 heavy (non-hydrogen) atoms. The van der Waals surface area contributed by atoms with Gasteiger partial charge in [0.25, 0.3) is 0 Å². The van der Waals surface area contributed by atoms with E-state index in [1.807, 2.05) is 43.4 Å². The summed E-state index contributed by atoms with van der Waals surface area (Å²) in [4.78, 5) is 15.1. The molecule has 7 heteroatoms. The third-order valence-electron chi connectivity index (χ3n) is 2.98. The van der Waals surface area contributed by atoms with Crippen LogP contribution in [0.25, 0.3) is 0 Å². The maximum Gasteiger partial charge on any atom is 0.191 e. The van der Waals surface area contributed by atoms with Gasteiger partial charge in [-0.2, -0.15) is 0 Å². The number of anilines is 1. The molecule has 0 saturated heterocycles. The fraction of sp³-hybridized carbons (Fsp3) is 0.400. The maximum absolute atomic E-state index is 4.53. The third kappa shape index (κ3) is 5.00. The van der Waals surface area contributed by atoms with Crippen molar-refractivity contribution in [3.8, 4) is 0 Å². The van der Waals surface area contributed by atoms with Crippen LogP contribution in [0.3, 0.4) is 0 Å². The molecule has 2 aromatic heterocycles. The first-order chi connectivity index (χ1) is 10.7. The van der Waals surface area contributed by atoms with E-state index in [4.69, 9.17) is 0 Å². The number of hydrogen-bond donors (Lipinski definition) is 2. The van der Waals surface area contributed by atoms with Crippen molar-refractivity contribution in [3.05, 3.63) is 41.2 Å². The molecule has 0 aliphatic heterocycles. The Kier molecular flexibility index (Phi) is 6.14. The molecular weight excluding hydrogens is 296 g/mol. The van der Waals surface area contributed by atoms with Gasteiger partial charge in [0.15, 0.2) is 11.1 Å². The summed E-state index contributed by atoms with van der Waals surface area (Å²) in [6.07, 6.45) is 2.68. The van der Waals surface area contributed by atoms with Gasteiger partial charge in [-0.1, -0.05) is 6.07 Å². The molecule has 2 rings (SSSR count). The summed E-state index contributed by atoms with van der Waals surface area (Å²) in [6, 6.07) is 5.95. The number of nitrogens with zero attached hydrogens (tertiary/aromatic N) is 4. The van der Waals surface area contributed by atoms with Crippen molar-refractivity contribution >= 4 is 22.4 Å². The quantitative estimate of drug-likeness (QED) is 0.624. The van der Waals surface area contributed by atoms with Gasteiger partial charge in [-0.25, -0.2) is 4.98 Å². The lowest BCUT2D eigenvalue weighted by Gasteiger charge is -2.11. The number of rotatable bonds is 6. The number of guanidine groups is 1. The lowest BCUT2D eigenvalue weighted by molar-refractivity contribution is 0.777. The zero-order valence-electron chi connectivity index (χ0n) is 13.2. The average molecular weight is 318 g/mol. The van der Waals surface area contributed by atoms with Crippen molar-refractivity contribution < 1.29 is 0 Å². The van der Waals surface area contributed by atoms with Gasteiger partial charge >= 0.3 is 0 Å². The van der Waals surface area contributed by atoms with Crippen LogP contribution in [0, 0.1) is 0 Å². The lowest BCUT2D eigenvalue weighted by Crippen LogP contribution is -2.38. The van der Waals surface area contributed by atoms with Crippen LogP contribution < -0.4 is 15.5 Å². The Morgan fingerprint density at radius 2 is 2.14 bits per heavy atom. The van der Waals surface area contributed by atoms with Gasteiger partial charge < -0.3 is 15.5 Å². The predicted octanol–water partition coefficient (Wildman–Crippen LogP) is 1.51. The van der Waals surface area contributed by atoms with E-state index in [0.29, 0.717) is 6.54 Å². The molecule has 0 aromatic carbocycles. The molecule has 0 fully saturated rings. The second kappa shape index (κ2) is 8.33. The highest BCUT2D eigenvalue weighted by Gasteiger charge is 2.04. The van der Waals surface area contributed by atoms with E-state index >= 15 is 0 Å². The Morgan fingerprint density at radius 1 is 1.27 bits per heavy atom. The minimum absolute atomic E-state index is 0.660. The van der Waals surface area contributed by atoms with Gasteiger partial charge in [0.2, 0.25) is 0 Å². The van der Waals surface area contributed by atoms with Crippen LogP contribution in [0.1, 0.15) is 11.4 Å². The molecule has 0 unspecified atom stereocenters. The molecule has 118 valence electrons. The van der Waals surface area contributed by atoms with Crippen molar-refractivity contribution in [1.29, 1.82) is 0 Å². The summed E-state index contributed by atoms with van der Waals surface area (Å²) in [5, 5.41) is 9.62. The van der Waals surface area contributed by atoms with E-state index in [1.165, 1.54) is 0 Å². The maximum atomic E-state index is 4.53. The van der Waals surface area contributed by atoms with Crippen molar-refractivity contribution in [3.63, 3.8) is 0 Å². The molecule has 0 atom stereocenters. The molecule has 2 N–H and O–H groups in total. The van der Waals surface area contributed by atoms with E-state index in [-0.39, 0.29) is 0 Å². The van der Waals surface area contributed by atoms with E-state index in [0.717, 1.165) is 35.4 Å². The van der Waals surface area contributed by atoms with E-state index in [1.54, 1.807) is 18.4 Å². The van der Waals surface area contributed by atoms with Crippen molar-refractivity contribution in [1.82, 2.24) is 20.6 Å². The van der Waals surface area contributed by atoms with E-state index in [2.05, 4.69) is 31.0 Å². The van der Waals surface area contributed by atoms with Crippen LogP contribution in [0.2, 0.25) is 0 Å². The zero-order chi connectivity index (χ0) is 15.8. The minimum Gasteiger partial charge on any atom is -0.356 e. The fourth-order valence-corrected chi connectivity index (χ4v) is 2.59. The summed E-state index contributed by atoms with van der Waals surface area (Å²) in [6.45, 7) is 1.45. The van der Waals surface area contributed by atoms with Crippen LogP contribution in [0.15, 0.2) is 34.8 Å². The smallest absolute Gasteiger partial charge is 0.191 e. The number of hydrogen-bond acceptors (Lipinski definition) is 5.